The Kier molecular flexibility index (Phi) is 4.76. The normalized spacial score (nSPS) is 14.3. The molecule has 1 amide bonds. The number of ether oxygens (including phenoxy) is 2. The molecule has 1 aromatic heterocycles. The maximum Gasteiger partial charge on any atom is 0.337 e. The van der Waals surface area contributed by atoms with Crippen molar-refractivity contribution < 1.29 is 23.6 Å². The molecule has 1 fully saturated rings. The number of morpholine rings is 1. The van der Waals surface area contributed by atoms with Crippen LogP contribution in [-0.4, -0.2) is 50.4 Å². The second-order valence-corrected chi connectivity index (χ2v) is 5.17. The number of nitrogens with zero attached hydrogens (tertiary/aromatic N) is 2. The molecule has 1 aromatic carbocycles. The molecular formula is C16H17N3O5. The Bertz CT molecular complexity index is 720. The van der Waals surface area contributed by atoms with E-state index in [1.165, 1.54) is 7.11 Å². The molecule has 0 spiro atoms. The van der Waals surface area contributed by atoms with Gasteiger partial charge < -0.3 is 24.2 Å². The minimum Gasteiger partial charge on any atom is -0.465 e. The lowest BCUT2D eigenvalue weighted by Gasteiger charge is -2.25. The van der Waals surface area contributed by atoms with Gasteiger partial charge in [0.2, 0.25) is 5.88 Å². The van der Waals surface area contributed by atoms with Crippen molar-refractivity contribution in [3.63, 3.8) is 0 Å². The maximum absolute atomic E-state index is 12.2. The maximum atomic E-state index is 12.2. The topological polar surface area (TPSA) is 93.9 Å². The third kappa shape index (κ3) is 3.54. The first kappa shape index (κ1) is 16.0. The number of hydrogen-bond donors (Lipinski definition) is 1. The molecule has 1 saturated heterocycles. The first-order valence-corrected chi connectivity index (χ1v) is 7.46. The summed E-state index contributed by atoms with van der Waals surface area (Å²) >= 11 is 0. The van der Waals surface area contributed by atoms with E-state index in [1.807, 2.05) is 4.90 Å². The van der Waals surface area contributed by atoms with Crippen LogP contribution in [0.1, 0.15) is 20.8 Å². The molecule has 0 bridgehead atoms. The predicted molar refractivity (Wildman–Crippen MR) is 85.3 cm³/mol. The van der Waals surface area contributed by atoms with Crippen LogP contribution in [0, 0.1) is 0 Å². The average Bonchev–Trinajstić information content (AvgIpc) is 3.13. The molecule has 8 heteroatoms. The van der Waals surface area contributed by atoms with Gasteiger partial charge in [0, 0.05) is 24.8 Å². The van der Waals surface area contributed by atoms with Crippen LogP contribution in [0.25, 0.3) is 0 Å². The van der Waals surface area contributed by atoms with E-state index in [-0.39, 0.29) is 11.6 Å². The molecule has 24 heavy (non-hydrogen) atoms. The Morgan fingerprint density at radius 1 is 1.21 bits per heavy atom. The number of amides is 1. The molecule has 1 aliphatic heterocycles. The molecule has 1 aliphatic rings. The third-order valence-corrected chi connectivity index (χ3v) is 3.62. The first-order valence-electron chi connectivity index (χ1n) is 7.46. The fraction of sp³-hybridized carbons (Fsp3) is 0.312. The van der Waals surface area contributed by atoms with Crippen LogP contribution >= 0.6 is 0 Å². The zero-order valence-corrected chi connectivity index (χ0v) is 13.2. The number of aromatic nitrogens is 1. The molecule has 8 nitrogen and oxygen atoms in total. The summed E-state index contributed by atoms with van der Waals surface area (Å²) in [6.45, 7) is 2.64. The number of carbonyl (C=O) groups excluding carboxylic acids is 2. The number of esters is 1. The van der Waals surface area contributed by atoms with E-state index in [0.717, 1.165) is 0 Å². The highest BCUT2D eigenvalue weighted by Gasteiger charge is 2.19. The number of hydrogen-bond acceptors (Lipinski definition) is 7. The Morgan fingerprint density at radius 3 is 2.58 bits per heavy atom. The molecule has 2 aromatic rings. The van der Waals surface area contributed by atoms with Crippen molar-refractivity contribution in [2.75, 3.05) is 43.6 Å². The van der Waals surface area contributed by atoms with Gasteiger partial charge in [-0.3, -0.25) is 4.79 Å². The SMILES string of the molecule is COC(=O)c1ccc(NC(=O)c2cc(N3CCOCC3)on2)cc1. The van der Waals surface area contributed by atoms with Gasteiger partial charge in [-0.1, -0.05) is 5.16 Å². The van der Waals surface area contributed by atoms with E-state index < -0.39 is 5.97 Å². The van der Waals surface area contributed by atoms with E-state index in [9.17, 15) is 9.59 Å². The van der Waals surface area contributed by atoms with Crippen LogP contribution in [-0.2, 0) is 9.47 Å². The molecule has 2 heterocycles. The summed E-state index contributed by atoms with van der Waals surface area (Å²) in [5, 5.41) is 6.50. The van der Waals surface area contributed by atoms with Crippen molar-refractivity contribution in [3.8, 4) is 0 Å². The van der Waals surface area contributed by atoms with Crippen molar-refractivity contribution in [1.82, 2.24) is 5.16 Å². The zero-order valence-electron chi connectivity index (χ0n) is 13.2. The Morgan fingerprint density at radius 2 is 1.92 bits per heavy atom. The molecule has 0 aliphatic carbocycles. The van der Waals surface area contributed by atoms with Crippen molar-refractivity contribution in [2.24, 2.45) is 0 Å². The van der Waals surface area contributed by atoms with Crippen LogP contribution in [0.2, 0.25) is 0 Å². The fourth-order valence-corrected chi connectivity index (χ4v) is 2.31. The highest BCUT2D eigenvalue weighted by atomic mass is 16.5. The zero-order chi connectivity index (χ0) is 16.9. The van der Waals surface area contributed by atoms with Gasteiger partial charge in [0.1, 0.15) is 0 Å². The molecular weight excluding hydrogens is 314 g/mol. The highest BCUT2D eigenvalue weighted by molar-refractivity contribution is 6.03. The van der Waals surface area contributed by atoms with Gasteiger partial charge in [-0.2, -0.15) is 0 Å². The number of anilines is 2. The van der Waals surface area contributed by atoms with Gasteiger partial charge in [-0.15, -0.1) is 0 Å². The first-order chi connectivity index (χ1) is 11.7. The predicted octanol–water partition coefficient (Wildman–Crippen LogP) is 1.55. The molecule has 0 atom stereocenters. The van der Waals surface area contributed by atoms with Crippen LogP contribution in [0.3, 0.4) is 0 Å². The monoisotopic (exact) mass is 331 g/mol. The van der Waals surface area contributed by atoms with Gasteiger partial charge in [0.15, 0.2) is 5.69 Å². The van der Waals surface area contributed by atoms with E-state index in [1.54, 1.807) is 30.3 Å². The van der Waals surface area contributed by atoms with E-state index in [2.05, 4.69) is 15.2 Å². The third-order valence-electron chi connectivity index (χ3n) is 3.62. The molecule has 0 radical (unpaired) electrons. The molecule has 126 valence electrons. The smallest absolute Gasteiger partial charge is 0.337 e. The summed E-state index contributed by atoms with van der Waals surface area (Å²) in [5.41, 5.74) is 1.14. The van der Waals surface area contributed by atoms with Crippen molar-refractivity contribution in [2.45, 2.75) is 0 Å². The van der Waals surface area contributed by atoms with Gasteiger partial charge in [-0.25, -0.2) is 4.79 Å². The van der Waals surface area contributed by atoms with Crippen LogP contribution in [0.5, 0.6) is 0 Å². The standard InChI is InChI=1S/C16H17N3O5/c1-22-16(21)11-2-4-12(5-3-11)17-15(20)13-10-14(24-18-13)19-6-8-23-9-7-19/h2-5,10H,6-9H2,1H3,(H,17,20). The number of methoxy groups -OCH3 is 1. The van der Waals surface area contributed by atoms with Crippen LogP contribution < -0.4 is 10.2 Å². The van der Waals surface area contributed by atoms with Gasteiger partial charge in [-0.05, 0) is 24.3 Å². The Hall–Kier alpha value is -2.87. The summed E-state index contributed by atoms with van der Waals surface area (Å²) in [6, 6.07) is 7.98. The van der Waals surface area contributed by atoms with Crippen LogP contribution in [0.4, 0.5) is 11.6 Å². The lowest BCUT2D eigenvalue weighted by atomic mass is 10.2. The average molecular weight is 331 g/mol. The minimum absolute atomic E-state index is 0.188. The van der Waals surface area contributed by atoms with E-state index in [0.29, 0.717) is 43.4 Å². The second kappa shape index (κ2) is 7.14. The summed E-state index contributed by atoms with van der Waals surface area (Å²) in [6.07, 6.45) is 0. The Balaban J connectivity index is 1.64. The Labute approximate surface area is 138 Å². The number of carbonyl (C=O) groups is 2. The lowest BCUT2D eigenvalue weighted by molar-refractivity contribution is 0.0600. The molecule has 0 unspecified atom stereocenters. The molecule has 3 rings (SSSR count). The van der Waals surface area contributed by atoms with Gasteiger partial charge in [0.05, 0.1) is 25.9 Å². The molecule has 0 saturated carbocycles. The van der Waals surface area contributed by atoms with Crippen molar-refractivity contribution in [3.05, 3.63) is 41.6 Å². The summed E-state index contributed by atoms with van der Waals surface area (Å²) in [4.78, 5) is 25.6. The number of rotatable bonds is 4. The summed E-state index contributed by atoms with van der Waals surface area (Å²) in [7, 11) is 1.31. The molecule has 1 N–H and O–H groups in total. The van der Waals surface area contributed by atoms with E-state index in [4.69, 9.17) is 9.26 Å². The fourth-order valence-electron chi connectivity index (χ4n) is 2.31. The number of benzene rings is 1. The largest absolute Gasteiger partial charge is 0.465 e. The minimum atomic E-state index is -0.431. The lowest BCUT2D eigenvalue weighted by Crippen LogP contribution is -2.35. The number of nitrogens with one attached hydrogen (secondary N) is 1. The summed E-state index contributed by atoms with van der Waals surface area (Å²) < 4.78 is 15.1. The quantitative estimate of drug-likeness (QED) is 0.849. The van der Waals surface area contributed by atoms with Crippen LogP contribution in [0.15, 0.2) is 34.9 Å². The van der Waals surface area contributed by atoms with Crippen molar-refractivity contribution >= 4 is 23.4 Å². The van der Waals surface area contributed by atoms with Gasteiger partial charge in [0.25, 0.3) is 5.91 Å². The van der Waals surface area contributed by atoms with Gasteiger partial charge >= 0.3 is 5.97 Å². The highest BCUT2D eigenvalue weighted by Crippen LogP contribution is 2.18. The summed E-state index contributed by atoms with van der Waals surface area (Å²) in [5.74, 6) is -0.270. The second-order valence-electron chi connectivity index (χ2n) is 5.17. The van der Waals surface area contributed by atoms with E-state index >= 15 is 0 Å². The van der Waals surface area contributed by atoms with Crippen molar-refractivity contribution in [1.29, 1.82) is 0 Å².